The maximum Gasteiger partial charge on any atom is 0.222 e. The average Bonchev–Trinajstić information content (AvgIpc) is 2.78. The van der Waals surface area contributed by atoms with Gasteiger partial charge in [0.2, 0.25) is 5.91 Å². The summed E-state index contributed by atoms with van der Waals surface area (Å²) in [5, 5.41) is 12.0. The van der Waals surface area contributed by atoms with Gasteiger partial charge in [-0.05, 0) is 13.3 Å². The van der Waals surface area contributed by atoms with E-state index in [2.05, 4.69) is 36.5 Å². The van der Waals surface area contributed by atoms with Gasteiger partial charge in [0.25, 0.3) is 0 Å². The smallest absolute Gasteiger partial charge is 0.222 e. The quantitative estimate of drug-likeness (QED) is 0.590. The van der Waals surface area contributed by atoms with E-state index in [9.17, 15) is 9.90 Å². The van der Waals surface area contributed by atoms with E-state index in [1.807, 2.05) is 0 Å². The van der Waals surface area contributed by atoms with Crippen LogP contribution in [0.2, 0.25) is 0 Å². The summed E-state index contributed by atoms with van der Waals surface area (Å²) in [6.07, 6.45) is 1.13. The molecule has 1 unspecified atom stereocenters. The van der Waals surface area contributed by atoms with Gasteiger partial charge >= 0.3 is 0 Å². The van der Waals surface area contributed by atoms with E-state index in [1.54, 1.807) is 4.90 Å². The maximum atomic E-state index is 11.4. The van der Waals surface area contributed by atoms with E-state index in [0.29, 0.717) is 19.5 Å². The van der Waals surface area contributed by atoms with Crippen LogP contribution in [0.1, 0.15) is 24.0 Å². The Morgan fingerprint density at radius 1 is 1.35 bits per heavy atom. The summed E-state index contributed by atoms with van der Waals surface area (Å²) in [7, 11) is 0. The van der Waals surface area contributed by atoms with Crippen molar-refractivity contribution in [1.82, 2.24) is 4.90 Å². The topological polar surface area (TPSA) is 57.2 Å². The first-order chi connectivity index (χ1) is 9.15. The van der Waals surface area contributed by atoms with Gasteiger partial charge in [-0.1, -0.05) is 29.8 Å². The molecule has 1 atom stereocenters. The van der Waals surface area contributed by atoms with Crippen LogP contribution in [0.25, 0.3) is 0 Å². The number of aryl methyl sites for hydroxylation is 1. The van der Waals surface area contributed by atoms with Gasteiger partial charge in [0, 0.05) is 18.5 Å². The molecule has 3 N–H and O–H groups in total. The number of halogens is 1. The molecular weight excluding hydrogens is 276 g/mol. The lowest BCUT2D eigenvalue weighted by Gasteiger charge is -2.18. The second-order valence-corrected chi connectivity index (χ2v) is 5.31. The minimum Gasteiger partial charge on any atom is -1.00 e. The van der Waals surface area contributed by atoms with Crippen molar-refractivity contribution in [2.75, 3.05) is 19.6 Å². The summed E-state index contributed by atoms with van der Waals surface area (Å²) >= 11 is 0. The van der Waals surface area contributed by atoms with E-state index in [4.69, 9.17) is 0 Å². The van der Waals surface area contributed by atoms with Gasteiger partial charge in [-0.15, -0.1) is 0 Å². The molecule has 1 heterocycles. The number of benzene rings is 1. The molecule has 0 aromatic heterocycles. The zero-order chi connectivity index (χ0) is 13.7. The maximum absolute atomic E-state index is 11.4. The van der Waals surface area contributed by atoms with Crippen LogP contribution in [0, 0.1) is 6.92 Å². The van der Waals surface area contributed by atoms with Gasteiger partial charge in [0.05, 0.1) is 6.54 Å². The van der Waals surface area contributed by atoms with E-state index in [1.165, 1.54) is 11.1 Å². The largest absolute Gasteiger partial charge is 1.00 e. The monoisotopic (exact) mass is 298 g/mol. The second kappa shape index (κ2) is 8.25. The van der Waals surface area contributed by atoms with Gasteiger partial charge < -0.3 is 27.7 Å². The number of hydrogen-bond donors (Lipinski definition) is 2. The fourth-order valence-corrected chi connectivity index (χ4v) is 2.39. The number of rotatable bonds is 6. The number of β-amino-alcohol motifs (C(OH)–C–C–N with tert-alkyl or cyclic N) is 1. The third-order valence-electron chi connectivity index (χ3n) is 3.54. The Morgan fingerprint density at radius 2 is 2.05 bits per heavy atom. The van der Waals surface area contributed by atoms with E-state index in [-0.39, 0.29) is 18.3 Å². The molecule has 1 amide bonds. The van der Waals surface area contributed by atoms with Crippen LogP contribution in [-0.2, 0) is 11.3 Å². The second-order valence-electron chi connectivity index (χ2n) is 5.31. The highest BCUT2D eigenvalue weighted by molar-refractivity contribution is 5.78. The highest BCUT2D eigenvalue weighted by Crippen LogP contribution is 2.09. The predicted molar refractivity (Wildman–Crippen MR) is 73.5 cm³/mol. The molecule has 112 valence electrons. The van der Waals surface area contributed by atoms with Crippen LogP contribution in [0.5, 0.6) is 0 Å². The molecule has 1 aromatic rings. The number of aliphatic hydroxyl groups excluding tert-OH is 1. The molecule has 1 aliphatic rings. The zero-order valence-electron chi connectivity index (χ0n) is 11.9. The Bertz CT molecular complexity index is 422. The summed E-state index contributed by atoms with van der Waals surface area (Å²) in [5.74, 6) is 0.178. The molecule has 20 heavy (non-hydrogen) atoms. The number of carbonyl (C=O) groups is 1. The first-order valence-corrected chi connectivity index (χ1v) is 6.98. The predicted octanol–water partition coefficient (Wildman–Crippen LogP) is -2.95. The zero-order valence-corrected chi connectivity index (χ0v) is 12.6. The van der Waals surface area contributed by atoms with Crippen LogP contribution in [-0.4, -0.2) is 41.7 Å². The molecule has 1 fully saturated rings. The van der Waals surface area contributed by atoms with E-state index < -0.39 is 6.10 Å². The van der Waals surface area contributed by atoms with Crippen LogP contribution in [0.4, 0.5) is 0 Å². The van der Waals surface area contributed by atoms with Crippen molar-refractivity contribution in [1.29, 1.82) is 0 Å². The molecule has 1 saturated heterocycles. The number of hydrogen-bond acceptors (Lipinski definition) is 2. The summed E-state index contributed by atoms with van der Waals surface area (Å²) in [5.41, 5.74) is 2.52. The number of likely N-dealkylation sites (tertiary alicyclic amines) is 1. The van der Waals surface area contributed by atoms with Crippen molar-refractivity contribution >= 4 is 5.91 Å². The summed E-state index contributed by atoms with van der Waals surface area (Å²) in [6.45, 7) is 4.85. The molecular formula is C15H23ClN2O2. The molecule has 0 saturated carbocycles. The molecule has 0 bridgehead atoms. The number of aliphatic hydroxyl groups is 1. The first-order valence-electron chi connectivity index (χ1n) is 6.98. The lowest BCUT2D eigenvalue weighted by atomic mass is 10.1. The van der Waals surface area contributed by atoms with Crippen LogP contribution < -0.4 is 17.7 Å². The van der Waals surface area contributed by atoms with E-state index >= 15 is 0 Å². The third-order valence-corrected chi connectivity index (χ3v) is 3.54. The Hall–Kier alpha value is -1.10. The molecule has 0 spiro atoms. The van der Waals surface area contributed by atoms with Crippen LogP contribution in [0.15, 0.2) is 24.3 Å². The van der Waals surface area contributed by atoms with Gasteiger partial charge in [-0.3, -0.25) is 4.79 Å². The van der Waals surface area contributed by atoms with Gasteiger partial charge in [-0.2, -0.15) is 0 Å². The Kier molecular flexibility index (Phi) is 6.99. The number of carbonyl (C=O) groups excluding carboxylic acids is 1. The van der Waals surface area contributed by atoms with Gasteiger partial charge in [-0.25, -0.2) is 0 Å². The number of amides is 1. The highest BCUT2D eigenvalue weighted by Gasteiger charge is 2.22. The van der Waals surface area contributed by atoms with Crippen molar-refractivity contribution in [3.8, 4) is 0 Å². The lowest BCUT2D eigenvalue weighted by Crippen LogP contribution is -3.00. The minimum atomic E-state index is -0.438. The van der Waals surface area contributed by atoms with Gasteiger partial charge in [0.15, 0.2) is 0 Å². The summed E-state index contributed by atoms with van der Waals surface area (Å²) in [6, 6.07) is 8.43. The SMILES string of the molecule is Cc1ccc(C[NH2+]CC(O)CN2CCCC2=O)cc1.[Cl-]. The molecule has 5 heteroatoms. The Morgan fingerprint density at radius 3 is 2.65 bits per heavy atom. The Labute approximate surface area is 126 Å². The van der Waals surface area contributed by atoms with Crippen molar-refractivity contribution < 1.29 is 27.6 Å². The fraction of sp³-hybridized carbons (Fsp3) is 0.533. The number of nitrogens with two attached hydrogens (primary N) is 1. The lowest BCUT2D eigenvalue weighted by molar-refractivity contribution is -0.676. The van der Waals surface area contributed by atoms with Crippen LogP contribution >= 0.6 is 0 Å². The summed E-state index contributed by atoms with van der Waals surface area (Å²) < 4.78 is 0. The highest BCUT2D eigenvalue weighted by atomic mass is 35.5. The normalized spacial score (nSPS) is 16.1. The molecule has 1 aliphatic heterocycles. The van der Waals surface area contributed by atoms with Crippen LogP contribution in [0.3, 0.4) is 0 Å². The average molecular weight is 299 g/mol. The number of quaternary nitrogens is 1. The molecule has 4 nitrogen and oxygen atoms in total. The van der Waals surface area contributed by atoms with Crippen molar-refractivity contribution in [2.24, 2.45) is 0 Å². The third kappa shape index (κ3) is 5.12. The van der Waals surface area contributed by atoms with Crippen molar-refractivity contribution in [3.63, 3.8) is 0 Å². The molecule has 2 rings (SSSR count). The van der Waals surface area contributed by atoms with Gasteiger partial charge in [0.1, 0.15) is 19.2 Å². The van der Waals surface area contributed by atoms with Crippen molar-refractivity contribution in [2.45, 2.75) is 32.4 Å². The van der Waals surface area contributed by atoms with E-state index in [0.717, 1.165) is 19.5 Å². The number of nitrogens with zero attached hydrogens (tertiary/aromatic N) is 1. The van der Waals surface area contributed by atoms with Crippen molar-refractivity contribution in [3.05, 3.63) is 35.4 Å². The fourth-order valence-electron chi connectivity index (χ4n) is 2.39. The minimum absolute atomic E-state index is 0. The summed E-state index contributed by atoms with van der Waals surface area (Å²) in [4.78, 5) is 13.2. The molecule has 1 aromatic carbocycles. The standard InChI is InChI=1S/C15H22N2O2.ClH/c1-12-4-6-13(7-5-12)9-16-10-14(18)11-17-8-2-3-15(17)19;/h4-7,14,16,18H,2-3,8-11H2,1H3;1H. The first kappa shape index (κ1) is 17.0. The molecule has 0 radical (unpaired) electrons. The molecule has 0 aliphatic carbocycles. The Balaban J connectivity index is 0.00000200.